The van der Waals surface area contributed by atoms with E-state index >= 15 is 0 Å². The van der Waals surface area contributed by atoms with Crippen LogP contribution in [0.1, 0.15) is 30.5 Å². The van der Waals surface area contributed by atoms with Crippen LogP contribution in [0, 0.1) is 5.82 Å². The molecule has 6 heteroatoms. The molecule has 1 aromatic heterocycles. The van der Waals surface area contributed by atoms with Gasteiger partial charge in [-0.15, -0.1) is 0 Å². The SMILES string of the molecule is O=S(Cc1noc(C2CC2)n1)c1ccccc1F. The van der Waals surface area contributed by atoms with E-state index in [9.17, 15) is 8.60 Å². The number of hydrogen-bond donors (Lipinski definition) is 0. The summed E-state index contributed by atoms with van der Waals surface area (Å²) >= 11 is 0. The summed E-state index contributed by atoms with van der Waals surface area (Å²) in [5, 5.41) is 3.77. The monoisotopic (exact) mass is 266 g/mol. The Bertz CT molecular complexity index is 595. The Labute approximate surface area is 106 Å². The van der Waals surface area contributed by atoms with Crippen molar-refractivity contribution in [2.75, 3.05) is 0 Å². The van der Waals surface area contributed by atoms with Crippen molar-refractivity contribution in [3.05, 3.63) is 41.8 Å². The minimum atomic E-state index is -1.49. The molecule has 1 saturated carbocycles. The lowest BCUT2D eigenvalue weighted by molar-refractivity contribution is 0.375. The molecule has 4 nitrogen and oxygen atoms in total. The van der Waals surface area contributed by atoms with E-state index in [2.05, 4.69) is 10.1 Å². The average molecular weight is 266 g/mol. The highest BCUT2D eigenvalue weighted by Gasteiger charge is 2.29. The molecule has 2 aromatic rings. The molecule has 0 amide bonds. The lowest BCUT2D eigenvalue weighted by Crippen LogP contribution is -2.00. The van der Waals surface area contributed by atoms with E-state index in [1.54, 1.807) is 12.1 Å². The van der Waals surface area contributed by atoms with Gasteiger partial charge >= 0.3 is 0 Å². The Hall–Kier alpha value is -1.56. The molecule has 1 unspecified atom stereocenters. The van der Waals surface area contributed by atoms with Crippen LogP contribution in [-0.4, -0.2) is 14.3 Å². The molecule has 0 saturated heterocycles. The van der Waals surface area contributed by atoms with Crippen LogP contribution in [0.15, 0.2) is 33.7 Å². The molecule has 18 heavy (non-hydrogen) atoms. The van der Waals surface area contributed by atoms with Crippen LogP contribution in [-0.2, 0) is 16.6 Å². The quantitative estimate of drug-likeness (QED) is 0.852. The second-order valence-corrected chi connectivity index (χ2v) is 5.66. The Kier molecular flexibility index (Phi) is 2.95. The van der Waals surface area contributed by atoms with Gasteiger partial charge in [0.1, 0.15) is 5.82 Å². The fraction of sp³-hybridized carbons (Fsp3) is 0.333. The highest BCUT2D eigenvalue weighted by atomic mass is 32.2. The third-order valence-electron chi connectivity index (χ3n) is 2.75. The van der Waals surface area contributed by atoms with Gasteiger partial charge < -0.3 is 4.52 Å². The van der Waals surface area contributed by atoms with Crippen LogP contribution in [0.2, 0.25) is 0 Å². The van der Waals surface area contributed by atoms with Gasteiger partial charge in [0.15, 0.2) is 5.82 Å². The molecule has 0 N–H and O–H groups in total. The van der Waals surface area contributed by atoms with E-state index in [1.807, 2.05) is 0 Å². The molecule has 1 heterocycles. The van der Waals surface area contributed by atoms with Gasteiger partial charge in [0, 0.05) is 5.92 Å². The Morgan fingerprint density at radius 3 is 2.89 bits per heavy atom. The molecular formula is C12H11FN2O2S. The molecule has 3 rings (SSSR count). The Morgan fingerprint density at radius 2 is 2.17 bits per heavy atom. The van der Waals surface area contributed by atoms with Gasteiger partial charge in [0.2, 0.25) is 5.89 Å². The van der Waals surface area contributed by atoms with Gasteiger partial charge in [-0.25, -0.2) is 4.39 Å². The van der Waals surface area contributed by atoms with Crippen molar-refractivity contribution in [3.8, 4) is 0 Å². The predicted octanol–water partition coefficient (Wildman–Crippen LogP) is 2.39. The van der Waals surface area contributed by atoms with Crippen LogP contribution < -0.4 is 0 Å². The minimum absolute atomic E-state index is 0.0805. The number of aromatic nitrogens is 2. The maximum absolute atomic E-state index is 13.4. The van der Waals surface area contributed by atoms with Crippen LogP contribution in [0.3, 0.4) is 0 Å². The zero-order chi connectivity index (χ0) is 12.5. The molecule has 1 fully saturated rings. The molecule has 1 aromatic carbocycles. The van der Waals surface area contributed by atoms with Crippen molar-refractivity contribution < 1.29 is 13.1 Å². The zero-order valence-corrected chi connectivity index (χ0v) is 10.3. The second kappa shape index (κ2) is 4.61. The molecule has 0 bridgehead atoms. The predicted molar refractivity (Wildman–Crippen MR) is 62.8 cm³/mol. The average Bonchev–Trinajstić information content (AvgIpc) is 3.11. The van der Waals surface area contributed by atoms with Crippen LogP contribution in [0.25, 0.3) is 0 Å². The third kappa shape index (κ3) is 2.33. The molecule has 1 aliphatic carbocycles. The third-order valence-corrected chi connectivity index (χ3v) is 4.09. The summed E-state index contributed by atoms with van der Waals surface area (Å²) in [5.41, 5.74) is 0. The summed E-state index contributed by atoms with van der Waals surface area (Å²) in [6.07, 6.45) is 2.13. The van der Waals surface area contributed by atoms with Crippen LogP contribution >= 0.6 is 0 Å². The summed E-state index contributed by atoms with van der Waals surface area (Å²) in [5.74, 6) is 0.959. The maximum Gasteiger partial charge on any atom is 0.229 e. The highest BCUT2D eigenvalue weighted by Crippen LogP contribution is 2.38. The van der Waals surface area contributed by atoms with Gasteiger partial charge in [-0.2, -0.15) is 4.98 Å². The summed E-state index contributed by atoms with van der Waals surface area (Å²) in [6, 6.07) is 6.02. The molecule has 1 atom stereocenters. The Balaban J connectivity index is 1.75. The molecular weight excluding hydrogens is 255 g/mol. The number of benzene rings is 1. The first-order valence-corrected chi connectivity index (χ1v) is 7.01. The number of hydrogen-bond acceptors (Lipinski definition) is 4. The fourth-order valence-corrected chi connectivity index (χ4v) is 2.67. The molecule has 94 valence electrons. The second-order valence-electron chi connectivity index (χ2n) is 4.24. The summed E-state index contributed by atoms with van der Waals surface area (Å²) in [4.78, 5) is 4.35. The lowest BCUT2D eigenvalue weighted by atomic mass is 10.3. The fourth-order valence-electron chi connectivity index (χ4n) is 1.65. The van der Waals surface area contributed by atoms with E-state index in [0.717, 1.165) is 12.8 Å². The van der Waals surface area contributed by atoms with E-state index < -0.39 is 16.6 Å². The Morgan fingerprint density at radius 1 is 1.39 bits per heavy atom. The molecule has 0 aliphatic heterocycles. The smallest absolute Gasteiger partial charge is 0.229 e. The minimum Gasteiger partial charge on any atom is -0.339 e. The van der Waals surface area contributed by atoms with Crippen molar-refractivity contribution in [2.24, 2.45) is 0 Å². The van der Waals surface area contributed by atoms with E-state index in [4.69, 9.17) is 4.52 Å². The van der Waals surface area contributed by atoms with Gasteiger partial charge in [0.05, 0.1) is 21.4 Å². The summed E-state index contributed by atoms with van der Waals surface area (Å²) in [6.45, 7) is 0. The van der Waals surface area contributed by atoms with E-state index in [1.165, 1.54) is 12.1 Å². The van der Waals surface area contributed by atoms with E-state index in [0.29, 0.717) is 17.6 Å². The normalized spacial score (nSPS) is 16.7. The first-order chi connectivity index (χ1) is 8.74. The number of rotatable bonds is 4. The van der Waals surface area contributed by atoms with Gasteiger partial charge in [0.25, 0.3) is 0 Å². The van der Waals surface area contributed by atoms with Crippen LogP contribution in [0.5, 0.6) is 0 Å². The number of halogens is 1. The van der Waals surface area contributed by atoms with Crippen LogP contribution in [0.4, 0.5) is 4.39 Å². The summed E-state index contributed by atoms with van der Waals surface area (Å²) < 4.78 is 30.5. The first-order valence-electron chi connectivity index (χ1n) is 5.69. The molecule has 0 spiro atoms. The lowest BCUT2D eigenvalue weighted by Gasteiger charge is -2.00. The molecule has 0 radical (unpaired) electrons. The zero-order valence-electron chi connectivity index (χ0n) is 9.51. The van der Waals surface area contributed by atoms with Gasteiger partial charge in [-0.3, -0.25) is 4.21 Å². The maximum atomic E-state index is 13.4. The number of nitrogens with zero attached hydrogens (tertiary/aromatic N) is 2. The van der Waals surface area contributed by atoms with Crippen molar-refractivity contribution >= 4 is 10.8 Å². The van der Waals surface area contributed by atoms with Crippen molar-refractivity contribution in [2.45, 2.75) is 29.4 Å². The van der Waals surface area contributed by atoms with E-state index in [-0.39, 0.29) is 10.6 Å². The van der Waals surface area contributed by atoms with Crippen molar-refractivity contribution in [1.29, 1.82) is 0 Å². The first kappa shape index (κ1) is 11.5. The molecule has 1 aliphatic rings. The van der Waals surface area contributed by atoms with Gasteiger partial charge in [-0.1, -0.05) is 17.3 Å². The van der Waals surface area contributed by atoms with Gasteiger partial charge in [-0.05, 0) is 25.0 Å². The largest absolute Gasteiger partial charge is 0.339 e. The summed E-state index contributed by atoms with van der Waals surface area (Å²) in [7, 11) is -1.49. The van der Waals surface area contributed by atoms with Crippen molar-refractivity contribution in [1.82, 2.24) is 10.1 Å². The topological polar surface area (TPSA) is 56.0 Å². The highest BCUT2D eigenvalue weighted by molar-refractivity contribution is 7.84. The standard InChI is InChI=1S/C12H11FN2O2S/c13-9-3-1-2-4-10(9)18(16)7-11-14-12(17-15-11)8-5-6-8/h1-4,8H,5-7H2. The van der Waals surface area contributed by atoms with Crippen molar-refractivity contribution in [3.63, 3.8) is 0 Å².